The molecule has 0 saturated heterocycles. The molecule has 0 saturated carbocycles. The van der Waals surface area contributed by atoms with E-state index in [0.717, 1.165) is 29.0 Å². The molecule has 0 atom stereocenters. The van der Waals surface area contributed by atoms with Crippen LogP contribution in [0.3, 0.4) is 0 Å². The summed E-state index contributed by atoms with van der Waals surface area (Å²) in [6, 6.07) is 0. The van der Waals surface area contributed by atoms with Gasteiger partial charge in [-0.15, -0.1) is 0 Å². The normalized spacial score (nSPS) is 13.6. The lowest BCUT2D eigenvalue weighted by Crippen LogP contribution is -2.24. The second-order valence-electron chi connectivity index (χ2n) is 2.95. The van der Waals surface area contributed by atoms with Crippen LogP contribution in [0.15, 0.2) is 22.0 Å². The van der Waals surface area contributed by atoms with Gasteiger partial charge in [0.05, 0.1) is 12.8 Å². The Morgan fingerprint density at radius 1 is 1.36 bits per heavy atom. The van der Waals surface area contributed by atoms with Crippen molar-refractivity contribution in [1.82, 2.24) is 10.6 Å². The molecule has 4 heteroatoms. The highest BCUT2D eigenvalue weighted by molar-refractivity contribution is 9.11. The molecule has 0 aliphatic rings. The Labute approximate surface area is 94.7 Å². The fraction of sp³-hybridized carbons (Fsp3) is 0.600. The van der Waals surface area contributed by atoms with Crippen LogP contribution in [0.2, 0.25) is 0 Å². The zero-order valence-electron chi connectivity index (χ0n) is 9.28. The van der Waals surface area contributed by atoms with Crippen molar-refractivity contribution in [3.8, 4) is 0 Å². The molecule has 0 heterocycles. The highest BCUT2D eigenvalue weighted by Crippen LogP contribution is 2.11. The van der Waals surface area contributed by atoms with Crippen LogP contribution in [0.5, 0.6) is 0 Å². The summed E-state index contributed by atoms with van der Waals surface area (Å²) in [6.45, 7) is 5.80. The number of hydrogen-bond acceptors (Lipinski definition) is 3. The summed E-state index contributed by atoms with van der Waals surface area (Å²) < 4.78 is 6.29. The second kappa shape index (κ2) is 7.88. The number of hydrogen-bond donors (Lipinski definition) is 2. The summed E-state index contributed by atoms with van der Waals surface area (Å²) in [5.74, 6) is 0.857. The first kappa shape index (κ1) is 13.5. The van der Waals surface area contributed by atoms with Crippen molar-refractivity contribution in [3.05, 3.63) is 22.0 Å². The zero-order chi connectivity index (χ0) is 11.0. The lowest BCUT2D eigenvalue weighted by molar-refractivity contribution is 0.299. The number of rotatable bonds is 6. The maximum atomic E-state index is 5.24. The largest absolute Gasteiger partial charge is 0.495 e. The predicted molar refractivity (Wildman–Crippen MR) is 64.3 cm³/mol. The molecule has 0 fully saturated rings. The van der Waals surface area contributed by atoms with Crippen LogP contribution >= 0.6 is 15.9 Å². The smallest absolute Gasteiger partial charge is 0.138 e. The van der Waals surface area contributed by atoms with Crippen LogP contribution in [0.1, 0.15) is 13.8 Å². The van der Waals surface area contributed by atoms with E-state index in [-0.39, 0.29) is 0 Å². The maximum Gasteiger partial charge on any atom is 0.138 e. The van der Waals surface area contributed by atoms with E-state index in [4.69, 9.17) is 4.74 Å². The molecule has 2 N–H and O–H groups in total. The predicted octanol–water partition coefficient (Wildman–Crippen LogP) is 1.97. The van der Waals surface area contributed by atoms with Crippen molar-refractivity contribution >= 4 is 15.9 Å². The van der Waals surface area contributed by atoms with E-state index in [1.165, 1.54) is 0 Å². The minimum Gasteiger partial charge on any atom is -0.495 e. The molecule has 0 aliphatic heterocycles. The van der Waals surface area contributed by atoms with Crippen LogP contribution in [0.4, 0.5) is 0 Å². The zero-order valence-corrected chi connectivity index (χ0v) is 10.9. The van der Waals surface area contributed by atoms with E-state index in [1.54, 1.807) is 7.11 Å². The van der Waals surface area contributed by atoms with Crippen molar-refractivity contribution in [2.75, 3.05) is 27.2 Å². The van der Waals surface area contributed by atoms with E-state index >= 15 is 0 Å². The molecule has 0 aromatic rings. The first-order chi connectivity index (χ1) is 6.61. The third kappa shape index (κ3) is 6.05. The molecule has 0 aliphatic carbocycles. The summed E-state index contributed by atoms with van der Waals surface area (Å²) in [4.78, 5) is 0. The summed E-state index contributed by atoms with van der Waals surface area (Å²) in [6.07, 6.45) is 1.95. The lowest BCUT2D eigenvalue weighted by Gasteiger charge is -2.10. The third-order valence-corrected chi connectivity index (χ3v) is 1.91. The van der Waals surface area contributed by atoms with Gasteiger partial charge in [0, 0.05) is 13.1 Å². The number of ether oxygens (including phenoxy) is 1. The molecule has 0 rings (SSSR count). The number of allylic oxidation sites excluding steroid dienone is 3. The molecule has 0 amide bonds. The first-order valence-corrected chi connectivity index (χ1v) is 5.38. The average molecular weight is 263 g/mol. The van der Waals surface area contributed by atoms with Crippen molar-refractivity contribution in [1.29, 1.82) is 0 Å². The van der Waals surface area contributed by atoms with Gasteiger partial charge in [-0.2, -0.15) is 0 Å². The van der Waals surface area contributed by atoms with Crippen molar-refractivity contribution < 1.29 is 4.74 Å². The summed E-state index contributed by atoms with van der Waals surface area (Å²) in [5.41, 5.74) is 1.04. The molecule has 14 heavy (non-hydrogen) atoms. The SMILES string of the molecule is CNCCN/C(C)=C(/C=C(\C)Br)OC. The van der Waals surface area contributed by atoms with Gasteiger partial charge in [-0.25, -0.2) is 0 Å². The Kier molecular flexibility index (Phi) is 7.61. The summed E-state index contributed by atoms with van der Waals surface area (Å²) in [5, 5.41) is 6.34. The van der Waals surface area contributed by atoms with Gasteiger partial charge in [0.15, 0.2) is 0 Å². The minimum absolute atomic E-state index is 0.857. The Hall–Kier alpha value is -0.480. The van der Waals surface area contributed by atoms with Crippen molar-refractivity contribution in [2.45, 2.75) is 13.8 Å². The van der Waals surface area contributed by atoms with Gasteiger partial charge in [0.2, 0.25) is 0 Å². The van der Waals surface area contributed by atoms with Crippen LogP contribution in [0, 0.1) is 0 Å². The molecule has 3 nitrogen and oxygen atoms in total. The molecular formula is C10H19BrN2O. The second-order valence-corrected chi connectivity index (χ2v) is 4.21. The summed E-state index contributed by atoms with van der Waals surface area (Å²) in [7, 11) is 3.60. The number of nitrogens with one attached hydrogen (secondary N) is 2. The van der Waals surface area contributed by atoms with Crippen LogP contribution in [-0.2, 0) is 4.74 Å². The Balaban J connectivity index is 4.27. The third-order valence-electron chi connectivity index (χ3n) is 1.68. The molecule has 0 spiro atoms. The molecule has 0 aromatic heterocycles. The van der Waals surface area contributed by atoms with Gasteiger partial charge >= 0.3 is 0 Å². The highest BCUT2D eigenvalue weighted by atomic mass is 79.9. The average Bonchev–Trinajstić information content (AvgIpc) is 2.14. The van der Waals surface area contributed by atoms with E-state index in [0.29, 0.717) is 0 Å². The maximum absolute atomic E-state index is 5.24. The quantitative estimate of drug-likeness (QED) is 0.436. The van der Waals surface area contributed by atoms with Crippen molar-refractivity contribution in [2.24, 2.45) is 0 Å². The van der Waals surface area contributed by atoms with Gasteiger partial charge in [-0.3, -0.25) is 0 Å². The molecule has 0 bridgehead atoms. The first-order valence-electron chi connectivity index (χ1n) is 4.59. The number of methoxy groups -OCH3 is 1. The fourth-order valence-corrected chi connectivity index (χ4v) is 1.17. The van der Waals surface area contributed by atoms with Crippen LogP contribution < -0.4 is 10.6 Å². The van der Waals surface area contributed by atoms with Crippen molar-refractivity contribution in [3.63, 3.8) is 0 Å². The monoisotopic (exact) mass is 262 g/mol. The van der Waals surface area contributed by atoms with Gasteiger partial charge in [0.25, 0.3) is 0 Å². The highest BCUT2D eigenvalue weighted by Gasteiger charge is 1.98. The molecule has 0 radical (unpaired) electrons. The standard InChI is InChI=1S/C10H19BrN2O/c1-8(11)7-10(14-4)9(2)13-6-5-12-3/h7,12-13H,5-6H2,1-4H3/b8-7+,10-9-. The fourth-order valence-electron chi connectivity index (χ4n) is 0.963. The molecule has 82 valence electrons. The minimum atomic E-state index is 0.857. The Morgan fingerprint density at radius 2 is 2.00 bits per heavy atom. The van der Waals surface area contributed by atoms with E-state index < -0.39 is 0 Å². The van der Waals surface area contributed by atoms with E-state index in [9.17, 15) is 0 Å². The number of likely N-dealkylation sites (N-methyl/N-ethyl adjacent to an activating group) is 1. The summed E-state index contributed by atoms with van der Waals surface area (Å²) >= 11 is 3.37. The Bertz CT molecular complexity index is 220. The lowest BCUT2D eigenvalue weighted by atomic mass is 10.3. The van der Waals surface area contributed by atoms with Crippen LogP contribution in [-0.4, -0.2) is 27.2 Å². The van der Waals surface area contributed by atoms with Gasteiger partial charge in [-0.05, 0) is 31.5 Å². The van der Waals surface area contributed by atoms with Crippen LogP contribution in [0.25, 0.3) is 0 Å². The number of halogens is 1. The van der Waals surface area contributed by atoms with E-state index in [1.807, 2.05) is 27.0 Å². The molecule has 0 unspecified atom stereocenters. The van der Waals surface area contributed by atoms with Gasteiger partial charge < -0.3 is 15.4 Å². The molecule has 0 aromatic carbocycles. The van der Waals surface area contributed by atoms with Gasteiger partial charge in [0.1, 0.15) is 5.76 Å². The van der Waals surface area contributed by atoms with E-state index in [2.05, 4.69) is 26.6 Å². The Morgan fingerprint density at radius 3 is 2.43 bits per heavy atom. The molecular weight excluding hydrogens is 244 g/mol. The van der Waals surface area contributed by atoms with Gasteiger partial charge in [-0.1, -0.05) is 15.9 Å². The topological polar surface area (TPSA) is 33.3 Å².